The van der Waals surface area contributed by atoms with Crippen LogP contribution in [0.5, 0.6) is 0 Å². The maximum absolute atomic E-state index is 4.43. The smallest absolute Gasteiger partial charge is 0.126 e. The second-order valence-corrected chi connectivity index (χ2v) is 5.11. The average molecular weight is 289 g/mol. The van der Waals surface area contributed by atoms with Gasteiger partial charge in [-0.05, 0) is 23.3 Å². The van der Waals surface area contributed by atoms with E-state index in [2.05, 4.69) is 39.9 Å². The van der Waals surface area contributed by atoms with E-state index < -0.39 is 0 Å². The highest BCUT2D eigenvalue weighted by Crippen LogP contribution is 2.12. The molecule has 3 heteroatoms. The number of pyridine rings is 1. The molecule has 0 saturated heterocycles. The molecule has 0 aliphatic rings. The highest BCUT2D eigenvalue weighted by Gasteiger charge is 1.97. The molecule has 0 bridgehead atoms. The minimum Gasteiger partial charge on any atom is -0.380 e. The third-order valence-corrected chi connectivity index (χ3v) is 3.42. The molecule has 0 atom stereocenters. The molecule has 0 amide bonds. The van der Waals surface area contributed by atoms with Crippen LogP contribution in [0, 0.1) is 0 Å². The number of nitrogens with one attached hydrogen (secondary N) is 2. The first-order valence-electron chi connectivity index (χ1n) is 7.42. The molecule has 110 valence electrons. The summed E-state index contributed by atoms with van der Waals surface area (Å²) in [5.41, 5.74) is 3.53. The minimum absolute atomic E-state index is 0.782. The van der Waals surface area contributed by atoms with Gasteiger partial charge >= 0.3 is 0 Å². The fraction of sp³-hybridized carbons (Fsp3) is 0.105. The van der Waals surface area contributed by atoms with Crippen molar-refractivity contribution in [3.05, 3.63) is 90.1 Å². The number of aromatic nitrogens is 1. The van der Waals surface area contributed by atoms with Crippen LogP contribution in [-0.2, 0) is 13.1 Å². The summed E-state index contributed by atoms with van der Waals surface area (Å²) in [6.45, 7) is 1.59. The van der Waals surface area contributed by atoms with E-state index in [4.69, 9.17) is 0 Å². The van der Waals surface area contributed by atoms with Gasteiger partial charge in [-0.1, -0.05) is 60.7 Å². The van der Waals surface area contributed by atoms with Crippen molar-refractivity contribution in [1.82, 2.24) is 4.98 Å². The van der Waals surface area contributed by atoms with Gasteiger partial charge in [0.05, 0.1) is 11.9 Å². The summed E-state index contributed by atoms with van der Waals surface area (Å²) in [4.78, 5) is 4.43. The lowest BCUT2D eigenvalue weighted by atomic mass is 10.2. The number of rotatable bonds is 6. The van der Waals surface area contributed by atoms with Gasteiger partial charge in [-0.2, -0.15) is 0 Å². The first kappa shape index (κ1) is 14.1. The molecule has 0 aliphatic carbocycles. The summed E-state index contributed by atoms with van der Waals surface area (Å²) < 4.78 is 0. The monoisotopic (exact) mass is 289 g/mol. The van der Waals surface area contributed by atoms with Gasteiger partial charge in [0.15, 0.2) is 0 Å². The van der Waals surface area contributed by atoms with Gasteiger partial charge in [-0.15, -0.1) is 0 Å². The fourth-order valence-electron chi connectivity index (χ4n) is 2.19. The molecule has 3 nitrogen and oxygen atoms in total. The van der Waals surface area contributed by atoms with Gasteiger partial charge in [-0.25, -0.2) is 4.98 Å². The van der Waals surface area contributed by atoms with E-state index in [9.17, 15) is 0 Å². The van der Waals surface area contributed by atoms with Gasteiger partial charge in [0.25, 0.3) is 0 Å². The van der Waals surface area contributed by atoms with Crippen molar-refractivity contribution in [3.63, 3.8) is 0 Å². The molecule has 3 rings (SSSR count). The lowest BCUT2D eigenvalue weighted by Gasteiger charge is -2.08. The van der Waals surface area contributed by atoms with Crippen LogP contribution < -0.4 is 10.6 Å². The van der Waals surface area contributed by atoms with E-state index in [1.54, 1.807) is 0 Å². The van der Waals surface area contributed by atoms with Crippen LogP contribution >= 0.6 is 0 Å². The SMILES string of the molecule is c1ccc(CNc2ccc(NCc3ccccc3)nc2)cc1. The zero-order chi connectivity index (χ0) is 15.0. The molecule has 0 spiro atoms. The Balaban J connectivity index is 1.52. The predicted octanol–water partition coefficient (Wildman–Crippen LogP) is 4.31. The first-order valence-corrected chi connectivity index (χ1v) is 7.42. The molecule has 1 aromatic heterocycles. The van der Waals surface area contributed by atoms with Crippen molar-refractivity contribution in [1.29, 1.82) is 0 Å². The van der Waals surface area contributed by atoms with Gasteiger partial charge in [0.1, 0.15) is 5.82 Å². The van der Waals surface area contributed by atoms with Crippen molar-refractivity contribution < 1.29 is 0 Å². The predicted molar refractivity (Wildman–Crippen MR) is 91.8 cm³/mol. The Morgan fingerprint density at radius 2 is 1.23 bits per heavy atom. The summed E-state index contributed by atoms with van der Waals surface area (Å²) in [6.07, 6.45) is 1.86. The molecule has 0 fully saturated rings. The Bertz CT molecular complexity index is 616. The summed E-state index contributed by atoms with van der Waals surface area (Å²) in [7, 11) is 0. The summed E-state index contributed by atoms with van der Waals surface area (Å²) in [5.74, 6) is 0.883. The van der Waals surface area contributed by atoms with Gasteiger partial charge in [-0.3, -0.25) is 0 Å². The van der Waals surface area contributed by atoms with Crippen molar-refractivity contribution in [2.24, 2.45) is 0 Å². The van der Waals surface area contributed by atoms with E-state index in [1.165, 1.54) is 11.1 Å². The molecule has 0 aliphatic heterocycles. The third kappa shape index (κ3) is 4.09. The first-order chi connectivity index (χ1) is 10.9. The molecule has 22 heavy (non-hydrogen) atoms. The fourth-order valence-corrected chi connectivity index (χ4v) is 2.19. The van der Waals surface area contributed by atoms with Crippen LogP contribution in [0.4, 0.5) is 11.5 Å². The normalized spacial score (nSPS) is 10.2. The zero-order valence-corrected chi connectivity index (χ0v) is 12.4. The zero-order valence-electron chi connectivity index (χ0n) is 12.4. The minimum atomic E-state index is 0.782. The van der Waals surface area contributed by atoms with Crippen LogP contribution in [0.2, 0.25) is 0 Å². The molecule has 0 saturated carbocycles. The standard InChI is InChI=1S/C19H19N3/c1-3-7-16(8-4-1)13-20-18-11-12-19(22-15-18)21-14-17-9-5-2-6-10-17/h1-12,15,20H,13-14H2,(H,21,22). The van der Waals surface area contributed by atoms with E-state index in [1.807, 2.05) is 54.7 Å². The average Bonchev–Trinajstić information content (AvgIpc) is 2.61. The lowest BCUT2D eigenvalue weighted by Crippen LogP contribution is -2.03. The maximum Gasteiger partial charge on any atom is 0.126 e. The molecule has 0 unspecified atom stereocenters. The molecule has 2 aromatic carbocycles. The Morgan fingerprint density at radius 1 is 0.636 bits per heavy atom. The number of anilines is 2. The topological polar surface area (TPSA) is 37.0 Å². The van der Waals surface area contributed by atoms with Crippen molar-refractivity contribution in [3.8, 4) is 0 Å². The third-order valence-electron chi connectivity index (χ3n) is 3.42. The Morgan fingerprint density at radius 3 is 1.77 bits per heavy atom. The van der Waals surface area contributed by atoms with Crippen LogP contribution in [0.25, 0.3) is 0 Å². The number of benzene rings is 2. The Kier molecular flexibility index (Phi) is 4.67. The number of nitrogens with zero attached hydrogens (tertiary/aromatic N) is 1. The van der Waals surface area contributed by atoms with E-state index in [0.717, 1.165) is 24.6 Å². The van der Waals surface area contributed by atoms with Gasteiger partial charge < -0.3 is 10.6 Å². The number of hydrogen-bond donors (Lipinski definition) is 2. The Hall–Kier alpha value is -2.81. The van der Waals surface area contributed by atoms with Crippen molar-refractivity contribution >= 4 is 11.5 Å². The van der Waals surface area contributed by atoms with Gasteiger partial charge in [0.2, 0.25) is 0 Å². The summed E-state index contributed by atoms with van der Waals surface area (Å²) in [5, 5.41) is 6.69. The molecular weight excluding hydrogens is 270 g/mol. The second kappa shape index (κ2) is 7.27. The molecule has 2 N–H and O–H groups in total. The van der Waals surface area contributed by atoms with Crippen LogP contribution in [0.15, 0.2) is 79.0 Å². The molecular formula is C19H19N3. The highest BCUT2D eigenvalue weighted by molar-refractivity contribution is 5.47. The highest BCUT2D eigenvalue weighted by atomic mass is 15.0. The van der Waals surface area contributed by atoms with Crippen molar-refractivity contribution in [2.45, 2.75) is 13.1 Å². The molecule has 1 heterocycles. The summed E-state index contributed by atoms with van der Waals surface area (Å²) >= 11 is 0. The quantitative estimate of drug-likeness (QED) is 0.710. The number of hydrogen-bond acceptors (Lipinski definition) is 3. The molecule has 3 aromatic rings. The van der Waals surface area contributed by atoms with Crippen LogP contribution in [0.3, 0.4) is 0 Å². The van der Waals surface area contributed by atoms with Crippen molar-refractivity contribution in [2.75, 3.05) is 10.6 Å². The van der Waals surface area contributed by atoms with Crippen LogP contribution in [0.1, 0.15) is 11.1 Å². The lowest BCUT2D eigenvalue weighted by molar-refractivity contribution is 1.10. The van der Waals surface area contributed by atoms with E-state index in [-0.39, 0.29) is 0 Å². The summed E-state index contributed by atoms with van der Waals surface area (Å²) in [6, 6.07) is 24.7. The maximum atomic E-state index is 4.43. The van der Waals surface area contributed by atoms with Crippen LogP contribution in [-0.4, -0.2) is 4.98 Å². The second-order valence-electron chi connectivity index (χ2n) is 5.11. The largest absolute Gasteiger partial charge is 0.380 e. The Labute approximate surface area is 131 Å². The van der Waals surface area contributed by atoms with Gasteiger partial charge in [0, 0.05) is 13.1 Å². The molecule has 0 radical (unpaired) electrons. The van der Waals surface area contributed by atoms with E-state index in [0.29, 0.717) is 0 Å². The van der Waals surface area contributed by atoms with E-state index >= 15 is 0 Å².